The molecular formula is C48H29NO. The van der Waals surface area contributed by atoms with Gasteiger partial charge in [-0.15, -0.1) is 17.2 Å². The summed E-state index contributed by atoms with van der Waals surface area (Å²) >= 11 is 0. The predicted octanol–water partition coefficient (Wildman–Crippen LogP) is 8.64. The van der Waals surface area contributed by atoms with Gasteiger partial charge in [-0.3, -0.25) is 0 Å². The van der Waals surface area contributed by atoms with Crippen molar-refractivity contribution in [3.8, 4) is 0 Å². The Bertz CT molecular complexity index is 3200. The third-order valence-corrected chi connectivity index (χ3v) is 9.99. The van der Waals surface area contributed by atoms with Gasteiger partial charge in [0.1, 0.15) is 5.58 Å². The zero-order valence-electron chi connectivity index (χ0n) is 27.4. The minimum Gasteiger partial charge on any atom is -0.455 e. The van der Waals surface area contributed by atoms with Crippen LogP contribution >= 0.6 is 0 Å². The molecule has 0 saturated heterocycles. The topological polar surface area (TPSA) is 18.1 Å². The Balaban J connectivity index is 1.24. The van der Waals surface area contributed by atoms with Crippen LogP contribution in [-0.2, 0) is 0 Å². The number of allylic oxidation sites excluding steroid dienone is 11. The van der Waals surface area contributed by atoms with E-state index in [4.69, 9.17) is 4.42 Å². The van der Waals surface area contributed by atoms with Crippen LogP contribution in [0.3, 0.4) is 0 Å². The lowest BCUT2D eigenvalue weighted by Crippen LogP contribution is -2.25. The van der Waals surface area contributed by atoms with Gasteiger partial charge in [0.25, 0.3) is 0 Å². The summed E-state index contributed by atoms with van der Waals surface area (Å²) in [6, 6.07) is 32.6. The fraction of sp³-hybridized carbons (Fsp3) is 0.0208. The van der Waals surface area contributed by atoms with Crippen LogP contribution in [0.25, 0.3) is 77.9 Å². The van der Waals surface area contributed by atoms with Crippen molar-refractivity contribution >= 4 is 77.9 Å². The van der Waals surface area contributed by atoms with Crippen LogP contribution in [0.1, 0.15) is 16.7 Å². The Morgan fingerprint density at radius 2 is 1.40 bits per heavy atom. The maximum absolute atomic E-state index is 6.56. The molecule has 0 aliphatic heterocycles. The fourth-order valence-electron chi connectivity index (χ4n) is 7.77. The lowest BCUT2D eigenvalue weighted by molar-refractivity contribution is 0.573. The van der Waals surface area contributed by atoms with E-state index in [-0.39, 0.29) is 0 Å². The minimum absolute atomic E-state index is 0.850. The van der Waals surface area contributed by atoms with Gasteiger partial charge in [0.15, 0.2) is 5.42 Å². The summed E-state index contributed by atoms with van der Waals surface area (Å²) in [6.07, 6.45) is 22.9. The number of hydrogen-bond acceptors (Lipinski definition) is 1. The third kappa shape index (κ3) is 4.25. The Labute approximate surface area is 288 Å². The van der Waals surface area contributed by atoms with Crippen LogP contribution in [-0.4, -0.2) is 4.57 Å². The number of nitrogens with zero attached hydrogens (tertiary/aromatic N) is 1. The molecule has 0 unspecified atom stereocenters. The van der Waals surface area contributed by atoms with Crippen molar-refractivity contribution in [2.75, 3.05) is 0 Å². The van der Waals surface area contributed by atoms with E-state index in [1.165, 1.54) is 32.3 Å². The van der Waals surface area contributed by atoms with E-state index in [2.05, 4.69) is 156 Å². The molecule has 7 aromatic rings. The van der Waals surface area contributed by atoms with Crippen molar-refractivity contribution in [2.45, 2.75) is 6.92 Å². The van der Waals surface area contributed by atoms with Gasteiger partial charge >= 0.3 is 0 Å². The number of furan rings is 1. The zero-order valence-corrected chi connectivity index (χ0v) is 27.4. The Morgan fingerprint density at radius 3 is 2.32 bits per heavy atom. The van der Waals surface area contributed by atoms with Gasteiger partial charge in [0, 0.05) is 38.1 Å². The van der Waals surface area contributed by atoms with Crippen molar-refractivity contribution in [2.24, 2.45) is 0 Å². The quantitative estimate of drug-likeness (QED) is 0.178. The number of rotatable bonds is 3. The lowest BCUT2D eigenvalue weighted by atomic mass is 9.93. The summed E-state index contributed by atoms with van der Waals surface area (Å²) in [5, 5.41) is 9.13. The highest BCUT2D eigenvalue weighted by Gasteiger charge is 2.21. The molecule has 0 fully saturated rings. The van der Waals surface area contributed by atoms with Crippen LogP contribution in [0.5, 0.6) is 0 Å². The van der Waals surface area contributed by atoms with Gasteiger partial charge in [-0.2, -0.15) is 0 Å². The van der Waals surface area contributed by atoms with Gasteiger partial charge in [-0.1, -0.05) is 97.1 Å². The molecule has 3 aliphatic rings. The summed E-state index contributed by atoms with van der Waals surface area (Å²) in [4.78, 5) is 0. The van der Waals surface area contributed by atoms with Gasteiger partial charge in [0.05, 0.1) is 21.9 Å². The average Bonchev–Trinajstić information content (AvgIpc) is 3.33. The van der Waals surface area contributed by atoms with E-state index >= 15 is 0 Å². The van der Waals surface area contributed by atoms with E-state index < -0.39 is 0 Å². The first-order valence-electron chi connectivity index (χ1n) is 16.9. The van der Waals surface area contributed by atoms with Crippen molar-refractivity contribution in [3.63, 3.8) is 0 Å². The van der Waals surface area contributed by atoms with Gasteiger partial charge < -0.3 is 8.98 Å². The number of hydrogen-bond donors (Lipinski definition) is 0. The van der Waals surface area contributed by atoms with E-state index in [0.29, 0.717) is 0 Å². The molecule has 0 N–H and O–H groups in total. The zero-order chi connectivity index (χ0) is 33.2. The predicted molar refractivity (Wildman–Crippen MR) is 209 cm³/mol. The monoisotopic (exact) mass is 635 g/mol. The summed E-state index contributed by atoms with van der Waals surface area (Å²) in [7, 11) is 0. The number of fused-ring (bicyclic) bond motifs is 9. The molecule has 2 nitrogen and oxygen atoms in total. The first-order valence-corrected chi connectivity index (χ1v) is 16.9. The number of aromatic nitrogens is 1. The first-order chi connectivity index (χ1) is 24.7. The highest BCUT2D eigenvalue weighted by molar-refractivity contribution is 6.16. The van der Waals surface area contributed by atoms with E-state index in [9.17, 15) is 0 Å². The van der Waals surface area contributed by atoms with Gasteiger partial charge in [-0.05, 0) is 94.8 Å². The molecule has 3 aliphatic carbocycles. The largest absolute Gasteiger partial charge is 0.455 e. The minimum atomic E-state index is 0.850. The van der Waals surface area contributed by atoms with Crippen LogP contribution in [0.4, 0.5) is 0 Å². The molecule has 232 valence electrons. The molecule has 0 atom stereocenters. The van der Waals surface area contributed by atoms with Crippen LogP contribution in [0.15, 0.2) is 162 Å². The van der Waals surface area contributed by atoms with Crippen LogP contribution in [0, 0.1) is 6.92 Å². The van der Waals surface area contributed by atoms with E-state index in [1.54, 1.807) is 0 Å². The Hall–Kier alpha value is -6.78. The van der Waals surface area contributed by atoms with Crippen LogP contribution in [0.2, 0.25) is 0 Å². The van der Waals surface area contributed by atoms with Crippen LogP contribution < -0.4 is 21.1 Å². The maximum Gasteiger partial charge on any atom is 0.151 e. The van der Waals surface area contributed by atoms with Crippen molar-refractivity contribution in [1.82, 2.24) is 4.57 Å². The summed E-state index contributed by atoms with van der Waals surface area (Å²) < 4.78 is 8.95. The smallest absolute Gasteiger partial charge is 0.151 e. The maximum atomic E-state index is 6.56. The summed E-state index contributed by atoms with van der Waals surface area (Å²) in [6.45, 7) is 2.13. The molecule has 50 heavy (non-hydrogen) atoms. The molecule has 2 heteroatoms. The third-order valence-electron chi connectivity index (χ3n) is 9.99. The normalized spacial score (nSPS) is 14.5. The highest BCUT2D eigenvalue weighted by atomic mass is 16.3. The van der Waals surface area contributed by atoms with E-state index in [0.717, 1.165) is 65.8 Å². The number of para-hydroxylation sites is 1. The highest BCUT2D eigenvalue weighted by Crippen LogP contribution is 2.39. The molecule has 10 rings (SSSR count). The van der Waals surface area contributed by atoms with Crippen molar-refractivity contribution < 1.29 is 4.42 Å². The van der Waals surface area contributed by atoms with Gasteiger partial charge in [-0.25, -0.2) is 0 Å². The Morgan fingerprint density at radius 1 is 0.620 bits per heavy atom. The SMILES string of the molecule is Cc1cccc2oc3c(c12)=C=CC=CC=3c1ccc2c(c1)c1ccccc1n2C1=CC=CC=C=C1c1cc2c(c3ccccc13)=CC=CC=C=2. The molecule has 0 bridgehead atoms. The second-order valence-electron chi connectivity index (χ2n) is 12.8. The first kappa shape index (κ1) is 28.3. The summed E-state index contributed by atoms with van der Waals surface area (Å²) in [5.74, 6) is 0. The molecule has 0 saturated carbocycles. The summed E-state index contributed by atoms with van der Waals surface area (Å²) in [5.41, 5.74) is 21.3. The molecular weight excluding hydrogens is 607 g/mol. The van der Waals surface area contributed by atoms with Gasteiger partial charge in [0.2, 0.25) is 0 Å². The second-order valence-corrected chi connectivity index (χ2v) is 12.8. The molecule has 2 heterocycles. The second kappa shape index (κ2) is 11.1. The average molecular weight is 636 g/mol. The standard InChI is InChI=1S/C48H29NO/c1-31-15-14-26-46-47(31)40-23-11-8-18-35(48(40)50-46)33-27-28-45-42(30-33)39-22-12-13-25-44(39)49(45)43-24-7-3-6-21-38(43)41-29-32-16-4-2-5-17-34(32)36-19-9-10-20-37(36)41/h2-15,17-20,22,24-30H,1H3. The lowest BCUT2D eigenvalue weighted by Gasteiger charge is -2.17. The molecule has 5 aromatic carbocycles. The van der Waals surface area contributed by atoms with Crippen molar-refractivity contribution in [1.29, 1.82) is 0 Å². The molecule has 0 amide bonds. The molecule has 2 aromatic heterocycles. The fourth-order valence-corrected chi connectivity index (χ4v) is 7.77. The number of aryl methyl sites for hydroxylation is 1. The van der Waals surface area contributed by atoms with Crippen molar-refractivity contribution in [3.05, 3.63) is 195 Å². The number of benzene rings is 5. The molecule has 0 spiro atoms. The molecule has 0 radical (unpaired) electrons. The Kier molecular flexibility index (Phi) is 6.30. The van der Waals surface area contributed by atoms with E-state index in [1.807, 2.05) is 30.4 Å².